The van der Waals surface area contributed by atoms with Crippen LogP contribution in [0.3, 0.4) is 0 Å². The second-order valence-corrected chi connectivity index (χ2v) is 7.01. The molecular weight excluding hydrogens is 270 g/mol. The summed E-state index contributed by atoms with van der Waals surface area (Å²) in [5.41, 5.74) is 6.39. The number of hydrogen-bond acceptors (Lipinski definition) is 2. The van der Waals surface area contributed by atoms with E-state index in [1.807, 2.05) is 18.2 Å². The van der Waals surface area contributed by atoms with Crippen LogP contribution < -0.4 is 0 Å². The normalized spacial score (nSPS) is 12.5. The van der Waals surface area contributed by atoms with E-state index in [9.17, 15) is 0 Å². The molecule has 0 bridgehead atoms. The highest BCUT2D eigenvalue weighted by Crippen LogP contribution is 2.38. The highest BCUT2D eigenvalue weighted by Gasteiger charge is 2.23. The monoisotopic (exact) mass is 289 g/mol. The molecule has 2 aromatic heterocycles. The highest BCUT2D eigenvalue weighted by atomic mass is 16.3. The lowest BCUT2D eigenvalue weighted by atomic mass is 9.83. The molecule has 2 aromatic carbocycles. The van der Waals surface area contributed by atoms with Gasteiger partial charge in [0.05, 0.1) is 5.52 Å². The molecule has 0 fully saturated rings. The molecule has 0 aliphatic heterocycles. The number of aryl methyl sites for hydroxylation is 1. The molecule has 2 heterocycles. The first-order valence-electron chi connectivity index (χ1n) is 7.67. The third kappa shape index (κ3) is 1.83. The Hall–Kier alpha value is -2.35. The zero-order chi connectivity index (χ0) is 15.5. The smallest absolute Gasteiger partial charge is 0.154 e. The SMILES string of the molecule is Cc1ccc2c(oc3cc4ccccc4nc32)c1C(C)(C)C. The van der Waals surface area contributed by atoms with Gasteiger partial charge in [0.2, 0.25) is 0 Å². The van der Waals surface area contributed by atoms with Crippen LogP contribution in [-0.4, -0.2) is 4.98 Å². The zero-order valence-electron chi connectivity index (χ0n) is 13.4. The molecule has 2 heteroatoms. The molecule has 0 spiro atoms. The fourth-order valence-corrected chi connectivity index (χ4v) is 3.38. The Morgan fingerprint density at radius 2 is 1.77 bits per heavy atom. The van der Waals surface area contributed by atoms with Gasteiger partial charge in [0.1, 0.15) is 11.1 Å². The van der Waals surface area contributed by atoms with Crippen LogP contribution in [0.15, 0.2) is 46.9 Å². The van der Waals surface area contributed by atoms with Crippen molar-refractivity contribution in [3.8, 4) is 0 Å². The molecule has 0 saturated heterocycles. The van der Waals surface area contributed by atoms with E-state index in [4.69, 9.17) is 9.40 Å². The Morgan fingerprint density at radius 3 is 2.55 bits per heavy atom. The number of hydrogen-bond donors (Lipinski definition) is 0. The van der Waals surface area contributed by atoms with Crippen molar-refractivity contribution in [3.05, 3.63) is 53.6 Å². The van der Waals surface area contributed by atoms with Gasteiger partial charge in [-0.2, -0.15) is 0 Å². The summed E-state index contributed by atoms with van der Waals surface area (Å²) < 4.78 is 6.24. The number of furan rings is 1. The summed E-state index contributed by atoms with van der Waals surface area (Å²) in [5.74, 6) is 0. The minimum absolute atomic E-state index is 0.0386. The van der Waals surface area contributed by atoms with Crippen molar-refractivity contribution < 1.29 is 4.42 Å². The van der Waals surface area contributed by atoms with E-state index in [0.717, 1.165) is 33.0 Å². The lowest BCUT2D eigenvalue weighted by Crippen LogP contribution is -2.13. The lowest BCUT2D eigenvalue weighted by molar-refractivity contribution is 0.569. The van der Waals surface area contributed by atoms with E-state index in [1.165, 1.54) is 11.1 Å². The quantitative estimate of drug-likeness (QED) is 0.412. The molecule has 0 saturated carbocycles. The average molecular weight is 289 g/mol. The largest absolute Gasteiger partial charge is 0.454 e. The predicted molar refractivity (Wildman–Crippen MR) is 92.5 cm³/mol. The van der Waals surface area contributed by atoms with E-state index in [2.05, 4.69) is 52.0 Å². The maximum absolute atomic E-state index is 6.24. The minimum atomic E-state index is 0.0386. The highest BCUT2D eigenvalue weighted by molar-refractivity contribution is 6.07. The Bertz CT molecular complexity index is 1020. The fourth-order valence-electron chi connectivity index (χ4n) is 3.38. The Kier molecular flexibility index (Phi) is 2.62. The summed E-state index contributed by atoms with van der Waals surface area (Å²) in [7, 11) is 0. The van der Waals surface area contributed by atoms with Gasteiger partial charge < -0.3 is 4.42 Å². The summed E-state index contributed by atoms with van der Waals surface area (Å²) in [6.07, 6.45) is 0. The molecule has 0 radical (unpaired) electrons. The first kappa shape index (κ1) is 13.3. The van der Waals surface area contributed by atoms with Gasteiger partial charge in [0, 0.05) is 16.3 Å². The zero-order valence-corrected chi connectivity index (χ0v) is 13.4. The van der Waals surface area contributed by atoms with Crippen LogP contribution in [0.2, 0.25) is 0 Å². The van der Waals surface area contributed by atoms with Crippen LogP contribution in [0, 0.1) is 6.92 Å². The van der Waals surface area contributed by atoms with Crippen LogP contribution in [0.1, 0.15) is 31.9 Å². The molecule has 110 valence electrons. The first-order chi connectivity index (χ1) is 10.4. The molecule has 0 aliphatic rings. The van der Waals surface area contributed by atoms with Crippen molar-refractivity contribution in [2.45, 2.75) is 33.1 Å². The molecule has 4 aromatic rings. The fraction of sp³-hybridized carbons (Fsp3) is 0.250. The van der Waals surface area contributed by atoms with Crippen LogP contribution in [0.5, 0.6) is 0 Å². The Morgan fingerprint density at radius 1 is 1.00 bits per heavy atom. The van der Waals surface area contributed by atoms with Crippen molar-refractivity contribution in [2.24, 2.45) is 0 Å². The Balaban J connectivity index is 2.20. The molecule has 22 heavy (non-hydrogen) atoms. The van der Waals surface area contributed by atoms with E-state index in [-0.39, 0.29) is 5.41 Å². The van der Waals surface area contributed by atoms with E-state index in [0.29, 0.717) is 0 Å². The van der Waals surface area contributed by atoms with E-state index in [1.54, 1.807) is 0 Å². The molecule has 2 nitrogen and oxygen atoms in total. The topological polar surface area (TPSA) is 26.0 Å². The Labute approximate surface area is 129 Å². The third-order valence-electron chi connectivity index (χ3n) is 4.27. The number of rotatable bonds is 0. The number of fused-ring (bicyclic) bond motifs is 4. The number of nitrogens with zero attached hydrogens (tertiary/aromatic N) is 1. The van der Waals surface area contributed by atoms with Gasteiger partial charge in [-0.3, -0.25) is 0 Å². The van der Waals surface area contributed by atoms with Crippen molar-refractivity contribution in [1.29, 1.82) is 0 Å². The number of para-hydroxylation sites is 1. The van der Waals surface area contributed by atoms with Crippen molar-refractivity contribution in [1.82, 2.24) is 4.98 Å². The lowest BCUT2D eigenvalue weighted by Gasteiger charge is -2.21. The van der Waals surface area contributed by atoms with Crippen LogP contribution in [-0.2, 0) is 5.41 Å². The minimum Gasteiger partial charge on any atom is -0.454 e. The average Bonchev–Trinajstić information content (AvgIpc) is 2.80. The van der Waals surface area contributed by atoms with E-state index >= 15 is 0 Å². The third-order valence-corrected chi connectivity index (χ3v) is 4.27. The second kappa shape index (κ2) is 4.33. The molecule has 0 amide bonds. The van der Waals surface area contributed by atoms with Gasteiger partial charge in [-0.05, 0) is 36.1 Å². The van der Waals surface area contributed by atoms with Gasteiger partial charge in [0.25, 0.3) is 0 Å². The maximum Gasteiger partial charge on any atom is 0.154 e. The molecule has 0 aliphatic carbocycles. The first-order valence-corrected chi connectivity index (χ1v) is 7.67. The summed E-state index contributed by atoms with van der Waals surface area (Å²) in [5, 5.41) is 2.22. The van der Waals surface area contributed by atoms with Gasteiger partial charge in [-0.25, -0.2) is 4.98 Å². The summed E-state index contributed by atoms with van der Waals surface area (Å²) in [6.45, 7) is 8.83. The van der Waals surface area contributed by atoms with E-state index < -0.39 is 0 Å². The number of pyridine rings is 1. The number of aromatic nitrogens is 1. The summed E-state index contributed by atoms with van der Waals surface area (Å²) >= 11 is 0. The predicted octanol–water partition coefficient (Wildman–Crippen LogP) is 5.74. The second-order valence-electron chi connectivity index (χ2n) is 7.01. The van der Waals surface area contributed by atoms with Gasteiger partial charge in [0.15, 0.2) is 5.58 Å². The van der Waals surface area contributed by atoms with Gasteiger partial charge in [-0.1, -0.05) is 45.0 Å². The van der Waals surface area contributed by atoms with Crippen molar-refractivity contribution >= 4 is 33.0 Å². The summed E-state index contributed by atoms with van der Waals surface area (Å²) in [4.78, 5) is 4.82. The van der Waals surface area contributed by atoms with Crippen LogP contribution >= 0.6 is 0 Å². The summed E-state index contributed by atoms with van der Waals surface area (Å²) in [6, 6.07) is 14.6. The van der Waals surface area contributed by atoms with Crippen LogP contribution in [0.25, 0.3) is 33.0 Å². The molecule has 0 N–H and O–H groups in total. The van der Waals surface area contributed by atoms with Crippen molar-refractivity contribution in [2.75, 3.05) is 0 Å². The van der Waals surface area contributed by atoms with Gasteiger partial charge >= 0.3 is 0 Å². The molecule has 0 atom stereocenters. The number of benzene rings is 2. The van der Waals surface area contributed by atoms with Gasteiger partial charge in [-0.15, -0.1) is 0 Å². The standard InChI is InChI=1S/C20H19NO/c1-12-9-10-14-18-16(22-19(14)17(12)20(2,3)4)11-13-7-5-6-8-15(13)21-18/h5-11H,1-4H3. The maximum atomic E-state index is 6.24. The van der Waals surface area contributed by atoms with Crippen molar-refractivity contribution in [3.63, 3.8) is 0 Å². The van der Waals surface area contributed by atoms with Crippen LogP contribution in [0.4, 0.5) is 0 Å². The molecular formula is C20H19NO. The molecule has 0 unspecified atom stereocenters. The molecule has 4 rings (SSSR count).